The van der Waals surface area contributed by atoms with Crippen LogP contribution in [0.1, 0.15) is 36.2 Å². The molecule has 1 unspecified atom stereocenters. The monoisotopic (exact) mass is 274 g/mol. The van der Waals surface area contributed by atoms with Crippen LogP contribution in [0.15, 0.2) is 42.6 Å². The lowest BCUT2D eigenvalue weighted by Crippen LogP contribution is -2.24. The summed E-state index contributed by atoms with van der Waals surface area (Å²) in [6.45, 7) is 5.20. The van der Waals surface area contributed by atoms with Crippen molar-refractivity contribution in [1.29, 1.82) is 0 Å². The van der Waals surface area contributed by atoms with Crippen molar-refractivity contribution in [3.8, 4) is 0 Å². The van der Waals surface area contributed by atoms with E-state index in [1.54, 1.807) is 0 Å². The summed E-state index contributed by atoms with van der Waals surface area (Å²) in [5, 5.41) is 4.31. The van der Waals surface area contributed by atoms with Gasteiger partial charge in [0.1, 0.15) is 0 Å². The maximum atomic E-state index is 6.10. The van der Waals surface area contributed by atoms with Gasteiger partial charge in [0.05, 0.1) is 11.7 Å². The van der Waals surface area contributed by atoms with Gasteiger partial charge in [-0.2, -0.15) is 0 Å². The van der Waals surface area contributed by atoms with Crippen LogP contribution in [0.3, 0.4) is 0 Å². The first kappa shape index (κ1) is 14.0. The molecule has 3 heteroatoms. The zero-order valence-corrected chi connectivity index (χ0v) is 12.1. The molecule has 1 aromatic heterocycles. The molecule has 1 heterocycles. The first-order chi connectivity index (χ1) is 9.22. The second kappa shape index (κ2) is 6.69. The number of nitrogens with one attached hydrogen (secondary N) is 1. The minimum absolute atomic E-state index is 0.0971. The lowest BCUT2D eigenvalue weighted by molar-refractivity contribution is 0.584. The van der Waals surface area contributed by atoms with E-state index in [1.165, 1.54) is 5.56 Å². The van der Waals surface area contributed by atoms with Crippen molar-refractivity contribution < 1.29 is 0 Å². The average Bonchev–Trinajstić information content (AvgIpc) is 2.41. The molecule has 2 aromatic rings. The van der Waals surface area contributed by atoms with Crippen LogP contribution in [0.25, 0.3) is 0 Å². The third-order valence-electron chi connectivity index (χ3n) is 3.10. The van der Waals surface area contributed by atoms with Gasteiger partial charge in [-0.05, 0) is 49.2 Å². The SMILES string of the molecule is CCCNC(c1cccc(Cl)c1)c1ncccc1C. The minimum Gasteiger partial charge on any atom is -0.305 e. The van der Waals surface area contributed by atoms with E-state index >= 15 is 0 Å². The van der Waals surface area contributed by atoms with E-state index < -0.39 is 0 Å². The van der Waals surface area contributed by atoms with Gasteiger partial charge in [-0.3, -0.25) is 4.98 Å². The molecule has 0 saturated heterocycles. The van der Waals surface area contributed by atoms with Gasteiger partial charge in [0.15, 0.2) is 0 Å². The Morgan fingerprint density at radius 1 is 1.26 bits per heavy atom. The van der Waals surface area contributed by atoms with E-state index in [4.69, 9.17) is 11.6 Å². The summed E-state index contributed by atoms with van der Waals surface area (Å²) in [5.41, 5.74) is 3.41. The van der Waals surface area contributed by atoms with Crippen molar-refractivity contribution in [2.45, 2.75) is 26.3 Å². The Morgan fingerprint density at radius 2 is 2.11 bits per heavy atom. The highest BCUT2D eigenvalue weighted by atomic mass is 35.5. The fourth-order valence-corrected chi connectivity index (χ4v) is 2.35. The summed E-state index contributed by atoms with van der Waals surface area (Å²) >= 11 is 6.10. The molecule has 0 aliphatic carbocycles. The van der Waals surface area contributed by atoms with E-state index in [1.807, 2.05) is 30.5 Å². The van der Waals surface area contributed by atoms with Gasteiger partial charge in [-0.25, -0.2) is 0 Å². The average molecular weight is 275 g/mol. The van der Waals surface area contributed by atoms with Gasteiger partial charge >= 0.3 is 0 Å². The van der Waals surface area contributed by atoms with Crippen LogP contribution in [-0.2, 0) is 0 Å². The number of benzene rings is 1. The molecule has 19 heavy (non-hydrogen) atoms. The molecule has 0 spiro atoms. The smallest absolute Gasteiger partial charge is 0.0754 e. The molecule has 0 amide bonds. The summed E-state index contributed by atoms with van der Waals surface area (Å²) in [6, 6.07) is 12.1. The van der Waals surface area contributed by atoms with Crippen molar-refractivity contribution in [3.05, 3.63) is 64.4 Å². The number of nitrogens with zero attached hydrogens (tertiary/aromatic N) is 1. The summed E-state index contributed by atoms with van der Waals surface area (Å²) in [4.78, 5) is 4.53. The molecular weight excluding hydrogens is 256 g/mol. The quantitative estimate of drug-likeness (QED) is 0.887. The molecule has 1 aromatic carbocycles. The lowest BCUT2D eigenvalue weighted by Gasteiger charge is -2.20. The normalized spacial score (nSPS) is 12.4. The van der Waals surface area contributed by atoms with Crippen LogP contribution in [-0.4, -0.2) is 11.5 Å². The Morgan fingerprint density at radius 3 is 2.79 bits per heavy atom. The number of aryl methyl sites for hydroxylation is 1. The van der Waals surface area contributed by atoms with Crippen LogP contribution in [0.5, 0.6) is 0 Å². The van der Waals surface area contributed by atoms with Crippen LogP contribution in [0.2, 0.25) is 5.02 Å². The second-order valence-electron chi connectivity index (χ2n) is 4.65. The van der Waals surface area contributed by atoms with Gasteiger partial charge in [0, 0.05) is 11.2 Å². The molecule has 100 valence electrons. The summed E-state index contributed by atoms with van der Waals surface area (Å²) in [5.74, 6) is 0. The highest BCUT2D eigenvalue weighted by Crippen LogP contribution is 2.25. The van der Waals surface area contributed by atoms with Crippen molar-refractivity contribution in [1.82, 2.24) is 10.3 Å². The van der Waals surface area contributed by atoms with Gasteiger partial charge in [-0.15, -0.1) is 0 Å². The minimum atomic E-state index is 0.0971. The van der Waals surface area contributed by atoms with Crippen LogP contribution < -0.4 is 5.32 Å². The van der Waals surface area contributed by atoms with Crippen molar-refractivity contribution in [3.63, 3.8) is 0 Å². The maximum Gasteiger partial charge on any atom is 0.0754 e. The molecule has 1 atom stereocenters. The first-order valence-electron chi connectivity index (χ1n) is 6.62. The Kier molecular flexibility index (Phi) is 4.94. The van der Waals surface area contributed by atoms with Crippen LogP contribution in [0, 0.1) is 6.92 Å². The standard InChI is InChI=1S/C16H19ClN2/c1-3-9-18-16(13-7-4-8-14(17)11-13)15-12(2)6-5-10-19-15/h4-8,10-11,16,18H,3,9H2,1-2H3. The lowest BCUT2D eigenvalue weighted by atomic mass is 10.00. The fraction of sp³-hybridized carbons (Fsp3) is 0.312. The fourth-order valence-electron chi connectivity index (χ4n) is 2.15. The Bertz CT molecular complexity index is 540. The number of hydrogen-bond acceptors (Lipinski definition) is 2. The first-order valence-corrected chi connectivity index (χ1v) is 7.00. The summed E-state index contributed by atoms with van der Waals surface area (Å²) in [6.07, 6.45) is 2.93. The van der Waals surface area contributed by atoms with E-state index in [0.29, 0.717) is 0 Å². The van der Waals surface area contributed by atoms with Crippen molar-refractivity contribution in [2.24, 2.45) is 0 Å². The van der Waals surface area contributed by atoms with Gasteiger partial charge in [0.25, 0.3) is 0 Å². The number of hydrogen-bond donors (Lipinski definition) is 1. The maximum absolute atomic E-state index is 6.10. The highest BCUT2D eigenvalue weighted by molar-refractivity contribution is 6.30. The third kappa shape index (κ3) is 3.55. The molecule has 2 rings (SSSR count). The molecule has 2 nitrogen and oxygen atoms in total. The molecule has 0 aliphatic heterocycles. The largest absolute Gasteiger partial charge is 0.305 e. The van der Waals surface area contributed by atoms with E-state index in [-0.39, 0.29) is 6.04 Å². The van der Waals surface area contributed by atoms with E-state index in [2.05, 4.69) is 36.3 Å². The predicted octanol–water partition coefficient (Wildman–Crippen LogP) is 4.13. The van der Waals surface area contributed by atoms with Crippen molar-refractivity contribution in [2.75, 3.05) is 6.54 Å². The number of pyridine rings is 1. The number of halogens is 1. The van der Waals surface area contributed by atoms with Crippen LogP contribution in [0.4, 0.5) is 0 Å². The molecular formula is C16H19ClN2. The molecule has 1 N–H and O–H groups in total. The molecule has 0 radical (unpaired) electrons. The van der Waals surface area contributed by atoms with Gasteiger partial charge in [-0.1, -0.05) is 36.7 Å². The summed E-state index contributed by atoms with van der Waals surface area (Å²) < 4.78 is 0. The Labute approximate surface area is 119 Å². The molecule has 0 saturated carbocycles. The Hall–Kier alpha value is -1.38. The highest BCUT2D eigenvalue weighted by Gasteiger charge is 2.16. The second-order valence-corrected chi connectivity index (χ2v) is 5.08. The summed E-state index contributed by atoms with van der Waals surface area (Å²) in [7, 11) is 0. The zero-order chi connectivity index (χ0) is 13.7. The van der Waals surface area contributed by atoms with Gasteiger partial charge < -0.3 is 5.32 Å². The van der Waals surface area contributed by atoms with E-state index in [9.17, 15) is 0 Å². The predicted molar refractivity (Wildman–Crippen MR) is 80.6 cm³/mol. The van der Waals surface area contributed by atoms with E-state index in [0.717, 1.165) is 29.2 Å². The van der Waals surface area contributed by atoms with Crippen molar-refractivity contribution >= 4 is 11.6 Å². The number of rotatable bonds is 5. The third-order valence-corrected chi connectivity index (χ3v) is 3.34. The topological polar surface area (TPSA) is 24.9 Å². The van der Waals surface area contributed by atoms with Gasteiger partial charge in [0.2, 0.25) is 0 Å². The number of aromatic nitrogens is 1. The Balaban J connectivity index is 2.38. The molecule has 0 aliphatic rings. The molecule has 0 fully saturated rings. The zero-order valence-electron chi connectivity index (χ0n) is 11.4. The molecule has 0 bridgehead atoms. The van der Waals surface area contributed by atoms with Crippen LogP contribution >= 0.6 is 11.6 Å².